The highest BCUT2D eigenvalue weighted by atomic mass is 127. The van der Waals surface area contributed by atoms with E-state index in [-0.39, 0.29) is 0 Å². The van der Waals surface area contributed by atoms with Gasteiger partial charge in [-0.1, -0.05) is 0 Å². The molecule has 16 heavy (non-hydrogen) atoms. The Kier molecular flexibility index (Phi) is 5.24. The topological polar surface area (TPSA) is 69.9 Å². The first-order chi connectivity index (χ1) is 7.65. The lowest BCUT2D eigenvalue weighted by Crippen LogP contribution is -1.99. The Morgan fingerprint density at radius 3 is 2.88 bits per heavy atom. The zero-order valence-electron chi connectivity index (χ0n) is 8.56. The molecule has 1 rings (SSSR count). The molecule has 0 saturated heterocycles. The second kappa shape index (κ2) is 6.47. The summed E-state index contributed by atoms with van der Waals surface area (Å²) in [7, 11) is 0. The van der Waals surface area contributed by atoms with Crippen LogP contribution in [0.3, 0.4) is 0 Å². The molecule has 2 N–H and O–H groups in total. The Hall–Kier alpha value is -1.11. The number of hydrogen-bond donors (Lipinski definition) is 2. The fourth-order valence-electron chi connectivity index (χ4n) is 1.34. The standard InChI is InChI=1S/C11H12INO3/c12-10-5-4-9(11(14)15)7-8(10)3-1-2-6-13-16/h4-7,16H,1-3H2,(H,14,15)/b13-6-. The van der Waals surface area contributed by atoms with Crippen LogP contribution in [-0.4, -0.2) is 22.5 Å². The summed E-state index contributed by atoms with van der Waals surface area (Å²) in [4.78, 5) is 10.8. The summed E-state index contributed by atoms with van der Waals surface area (Å²) in [6.07, 6.45) is 3.74. The Balaban J connectivity index is 2.70. The van der Waals surface area contributed by atoms with Gasteiger partial charge >= 0.3 is 5.97 Å². The molecule has 1 aromatic rings. The first kappa shape index (κ1) is 13.0. The number of aromatic carboxylic acids is 1. The van der Waals surface area contributed by atoms with E-state index in [2.05, 4.69) is 27.7 Å². The number of nitrogens with zero attached hydrogens (tertiary/aromatic N) is 1. The van der Waals surface area contributed by atoms with Gasteiger partial charge in [-0.2, -0.15) is 0 Å². The Morgan fingerprint density at radius 2 is 2.25 bits per heavy atom. The number of unbranched alkanes of at least 4 members (excludes halogenated alkanes) is 1. The fraction of sp³-hybridized carbons (Fsp3) is 0.273. The third kappa shape index (κ3) is 3.80. The number of carboxylic acids is 1. The predicted octanol–water partition coefficient (Wildman–Crippen LogP) is 2.77. The average molecular weight is 333 g/mol. The number of rotatable bonds is 5. The molecule has 0 unspecified atom stereocenters. The zero-order valence-corrected chi connectivity index (χ0v) is 10.7. The third-order valence-corrected chi connectivity index (χ3v) is 3.21. The summed E-state index contributed by atoms with van der Waals surface area (Å²) >= 11 is 2.19. The van der Waals surface area contributed by atoms with E-state index in [1.54, 1.807) is 18.2 Å². The van der Waals surface area contributed by atoms with Crippen LogP contribution in [0.1, 0.15) is 28.8 Å². The van der Waals surface area contributed by atoms with Crippen molar-refractivity contribution < 1.29 is 15.1 Å². The van der Waals surface area contributed by atoms with Crippen LogP contribution >= 0.6 is 22.6 Å². The van der Waals surface area contributed by atoms with Crippen LogP contribution in [0.15, 0.2) is 23.4 Å². The molecule has 0 saturated carbocycles. The normalized spacial score (nSPS) is 10.8. The van der Waals surface area contributed by atoms with Crippen LogP contribution in [0.25, 0.3) is 0 Å². The molecular weight excluding hydrogens is 321 g/mol. The molecule has 0 atom stereocenters. The number of carbonyl (C=O) groups is 1. The van der Waals surface area contributed by atoms with Crippen LogP contribution in [0.2, 0.25) is 0 Å². The van der Waals surface area contributed by atoms with Crippen molar-refractivity contribution in [2.75, 3.05) is 0 Å². The smallest absolute Gasteiger partial charge is 0.335 e. The summed E-state index contributed by atoms with van der Waals surface area (Å²) < 4.78 is 1.06. The van der Waals surface area contributed by atoms with E-state index in [4.69, 9.17) is 10.3 Å². The number of aryl methyl sites for hydroxylation is 1. The molecule has 1 aromatic carbocycles. The largest absolute Gasteiger partial charge is 0.478 e. The molecule has 0 spiro atoms. The van der Waals surface area contributed by atoms with Gasteiger partial charge in [0.2, 0.25) is 0 Å². The van der Waals surface area contributed by atoms with Gasteiger partial charge in [-0.3, -0.25) is 0 Å². The molecule has 0 bridgehead atoms. The van der Waals surface area contributed by atoms with Gasteiger partial charge in [0.15, 0.2) is 0 Å². The van der Waals surface area contributed by atoms with Crippen LogP contribution in [0, 0.1) is 3.57 Å². The van der Waals surface area contributed by atoms with E-state index in [0.717, 1.165) is 22.0 Å². The quantitative estimate of drug-likeness (QED) is 0.286. The average Bonchev–Trinajstić information content (AvgIpc) is 2.26. The van der Waals surface area contributed by atoms with Crippen LogP contribution in [0.5, 0.6) is 0 Å². The van der Waals surface area contributed by atoms with Gasteiger partial charge in [-0.25, -0.2) is 4.79 Å². The summed E-state index contributed by atoms with van der Waals surface area (Å²) in [5.74, 6) is -0.908. The predicted molar refractivity (Wildman–Crippen MR) is 69.3 cm³/mol. The molecule has 5 heteroatoms. The minimum Gasteiger partial charge on any atom is -0.478 e. The van der Waals surface area contributed by atoms with Gasteiger partial charge in [0.05, 0.1) is 5.56 Å². The Morgan fingerprint density at radius 1 is 1.50 bits per heavy atom. The number of oxime groups is 1. The molecule has 86 valence electrons. The summed E-state index contributed by atoms with van der Waals surface area (Å²) in [5.41, 5.74) is 1.33. The van der Waals surface area contributed by atoms with E-state index >= 15 is 0 Å². The molecule has 0 aliphatic carbocycles. The second-order valence-electron chi connectivity index (χ2n) is 3.30. The molecule has 0 radical (unpaired) electrons. The lowest BCUT2D eigenvalue weighted by atomic mass is 10.1. The zero-order chi connectivity index (χ0) is 12.0. The highest BCUT2D eigenvalue weighted by molar-refractivity contribution is 14.1. The number of benzene rings is 1. The third-order valence-electron chi connectivity index (χ3n) is 2.15. The van der Waals surface area contributed by atoms with E-state index in [9.17, 15) is 4.79 Å². The van der Waals surface area contributed by atoms with Gasteiger partial charge in [0.1, 0.15) is 0 Å². The van der Waals surface area contributed by atoms with E-state index in [1.165, 1.54) is 6.21 Å². The van der Waals surface area contributed by atoms with E-state index in [0.29, 0.717) is 12.0 Å². The number of halogens is 1. The maximum Gasteiger partial charge on any atom is 0.335 e. The van der Waals surface area contributed by atoms with Gasteiger partial charge in [-0.05, 0) is 65.6 Å². The van der Waals surface area contributed by atoms with Crippen LogP contribution in [0.4, 0.5) is 0 Å². The highest BCUT2D eigenvalue weighted by Crippen LogP contribution is 2.16. The number of hydrogen-bond acceptors (Lipinski definition) is 3. The lowest BCUT2D eigenvalue weighted by molar-refractivity contribution is 0.0696. The molecule has 4 nitrogen and oxygen atoms in total. The van der Waals surface area contributed by atoms with E-state index < -0.39 is 5.97 Å². The van der Waals surface area contributed by atoms with Crippen LogP contribution < -0.4 is 0 Å². The summed E-state index contributed by atoms with van der Waals surface area (Å²) in [5, 5.41) is 20.0. The van der Waals surface area contributed by atoms with Crippen molar-refractivity contribution in [2.45, 2.75) is 19.3 Å². The first-order valence-corrected chi connectivity index (χ1v) is 5.90. The Bertz CT molecular complexity index is 404. The molecule has 0 heterocycles. The SMILES string of the molecule is O=C(O)c1ccc(I)c(CCC/C=N\O)c1. The summed E-state index contributed by atoms with van der Waals surface area (Å²) in [6, 6.07) is 5.10. The lowest BCUT2D eigenvalue weighted by Gasteiger charge is -2.04. The van der Waals surface area contributed by atoms with Crippen molar-refractivity contribution in [2.24, 2.45) is 5.16 Å². The molecule has 0 aliphatic rings. The van der Waals surface area contributed by atoms with Crippen molar-refractivity contribution in [1.82, 2.24) is 0 Å². The molecule has 0 aliphatic heterocycles. The molecule has 0 fully saturated rings. The minimum atomic E-state index is -0.908. The van der Waals surface area contributed by atoms with Crippen molar-refractivity contribution in [3.05, 3.63) is 32.9 Å². The molecule has 0 aromatic heterocycles. The summed E-state index contributed by atoms with van der Waals surface area (Å²) in [6.45, 7) is 0. The van der Waals surface area contributed by atoms with Crippen molar-refractivity contribution in [3.63, 3.8) is 0 Å². The van der Waals surface area contributed by atoms with Crippen molar-refractivity contribution in [3.8, 4) is 0 Å². The van der Waals surface area contributed by atoms with Gasteiger partial charge in [0.25, 0.3) is 0 Å². The molecular formula is C11H12INO3. The van der Waals surface area contributed by atoms with Gasteiger partial charge in [-0.15, -0.1) is 5.16 Å². The van der Waals surface area contributed by atoms with Crippen molar-refractivity contribution in [1.29, 1.82) is 0 Å². The minimum absolute atomic E-state index is 0.311. The fourth-order valence-corrected chi connectivity index (χ4v) is 1.95. The van der Waals surface area contributed by atoms with Crippen molar-refractivity contribution >= 4 is 34.8 Å². The monoisotopic (exact) mass is 333 g/mol. The maximum absolute atomic E-state index is 10.8. The first-order valence-electron chi connectivity index (χ1n) is 4.82. The molecule has 0 amide bonds. The maximum atomic E-state index is 10.8. The Labute approximate surface area is 107 Å². The van der Waals surface area contributed by atoms with Gasteiger partial charge in [0, 0.05) is 9.78 Å². The van der Waals surface area contributed by atoms with Gasteiger partial charge < -0.3 is 10.3 Å². The number of carboxylic acid groups (broad SMARTS) is 1. The second-order valence-corrected chi connectivity index (χ2v) is 4.46. The van der Waals surface area contributed by atoms with E-state index in [1.807, 2.05) is 0 Å². The van der Waals surface area contributed by atoms with Crippen LogP contribution in [-0.2, 0) is 6.42 Å². The highest BCUT2D eigenvalue weighted by Gasteiger charge is 2.06.